The molecule has 0 radical (unpaired) electrons. The molecule has 0 saturated carbocycles. The first kappa shape index (κ1) is 21.0. The van der Waals surface area contributed by atoms with Crippen LogP contribution in [-0.2, 0) is 13.0 Å². The number of benzene rings is 1. The zero-order chi connectivity index (χ0) is 19.7. The second kappa shape index (κ2) is 10.1. The van der Waals surface area contributed by atoms with Gasteiger partial charge < -0.3 is 15.4 Å². The summed E-state index contributed by atoms with van der Waals surface area (Å²) >= 11 is 1.67. The lowest BCUT2D eigenvalue weighted by atomic mass is 10.2. The molecule has 1 aromatic carbocycles. The van der Waals surface area contributed by atoms with Gasteiger partial charge in [-0.05, 0) is 32.3 Å². The molecule has 0 saturated heterocycles. The summed E-state index contributed by atoms with van der Waals surface area (Å²) in [5.41, 5.74) is 1.45. The van der Waals surface area contributed by atoms with Crippen LogP contribution < -0.4 is 15.4 Å². The first-order chi connectivity index (χ1) is 12.9. The van der Waals surface area contributed by atoms with E-state index in [-0.39, 0.29) is 12.3 Å². The molecule has 0 amide bonds. The SMILES string of the molecule is CN=C(NCCCCc1nc(C)cs1)NCc1ccccc1OC(F)(F)F. The highest BCUT2D eigenvalue weighted by Gasteiger charge is 2.31. The number of nitrogens with zero attached hydrogens (tertiary/aromatic N) is 2. The highest BCUT2D eigenvalue weighted by Crippen LogP contribution is 2.26. The van der Waals surface area contributed by atoms with Gasteiger partial charge in [0.05, 0.1) is 5.01 Å². The fourth-order valence-corrected chi connectivity index (χ4v) is 3.22. The maximum Gasteiger partial charge on any atom is 0.573 e. The molecule has 0 fully saturated rings. The predicted octanol–water partition coefficient (Wildman–Crippen LogP) is 4.04. The van der Waals surface area contributed by atoms with E-state index in [1.54, 1.807) is 30.5 Å². The third-order valence-electron chi connectivity index (χ3n) is 3.64. The molecule has 2 aromatic rings. The van der Waals surface area contributed by atoms with Crippen molar-refractivity contribution in [2.75, 3.05) is 13.6 Å². The molecule has 1 aromatic heterocycles. The molecule has 27 heavy (non-hydrogen) atoms. The van der Waals surface area contributed by atoms with E-state index in [0.717, 1.165) is 30.0 Å². The minimum absolute atomic E-state index is 0.171. The van der Waals surface area contributed by atoms with Crippen LogP contribution in [0.15, 0.2) is 34.6 Å². The molecule has 0 aliphatic rings. The third kappa shape index (κ3) is 7.86. The lowest BCUT2D eigenvalue weighted by Gasteiger charge is -2.15. The standard InChI is InChI=1S/C18H23F3N4OS/c1-13-12-27-16(25-13)9-5-6-10-23-17(22-2)24-11-14-7-3-4-8-15(14)26-18(19,20)21/h3-4,7-8,12H,5-6,9-11H2,1-2H3,(H2,22,23,24). The van der Waals surface area contributed by atoms with Crippen molar-refractivity contribution in [2.45, 2.75) is 39.1 Å². The summed E-state index contributed by atoms with van der Waals surface area (Å²) in [6, 6.07) is 6.04. The molecule has 9 heteroatoms. The number of unbranched alkanes of at least 4 members (excludes halogenated alkanes) is 1. The fourth-order valence-electron chi connectivity index (χ4n) is 2.40. The molecule has 0 atom stereocenters. The van der Waals surface area contributed by atoms with E-state index in [1.807, 2.05) is 12.3 Å². The van der Waals surface area contributed by atoms with Crippen LogP contribution >= 0.6 is 11.3 Å². The summed E-state index contributed by atoms with van der Waals surface area (Å²) in [7, 11) is 1.62. The number of aliphatic imine (C=N–C) groups is 1. The summed E-state index contributed by atoms with van der Waals surface area (Å²) in [4.78, 5) is 8.51. The molecule has 0 spiro atoms. The highest BCUT2D eigenvalue weighted by atomic mass is 32.1. The van der Waals surface area contributed by atoms with Gasteiger partial charge in [0.15, 0.2) is 5.96 Å². The van der Waals surface area contributed by atoms with E-state index >= 15 is 0 Å². The van der Waals surface area contributed by atoms with E-state index in [2.05, 4.69) is 25.3 Å². The summed E-state index contributed by atoms with van der Waals surface area (Å²) in [5.74, 6) is 0.314. The number of aryl methyl sites for hydroxylation is 2. The second-order valence-corrected chi connectivity index (χ2v) is 6.79. The molecule has 0 aliphatic heterocycles. The predicted molar refractivity (Wildman–Crippen MR) is 101 cm³/mol. The number of hydrogen-bond acceptors (Lipinski definition) is 4. The molecule has 0 unspecified atom stereocenters. The van der Waals surface area contributed by atoms with Crippen LogP contribution in [-0.4, -0.2) is 30.9 Å². The van der Waals surface area contributed by atoms with Crippen molar-refractivity contribution >= 4 is 17.3 Å². The van der Waals surface area contributed by atoms with Crippen LogP contribution in [0, 0.1) is 6.92 Å². The largest absolute Gasteiger partial charge is 0.573 e. The number of aromatic nitrogens is 1. The Hall–Kier alpha value is -2.29. The molecule has 0 bridgehead atoms. The van der Waals surface area contributed by atoms with Crippen molar-refractivity contribution in [3.63, 3.8) is 0 Å². The van der Waals surface area contributed by atoms with Crippen LogP contribution in [0.2, 0.25) is 0 Å². The summed E-state index contributed by atoms with van der Waals surface area (Å²) in [5, 5.41) is 9.34. The Kier molecular flexibility index (Phi) is 7.90. The quantitative estimate of drug-likeness (QED) is 0.399. The average Bonchev–Trinajstić information content (AvgIpc) is 3.02. The third-order valence-corrected chi connectivity index (χ3v) is 4.67. The van der Waals surface area contributed by atoms with Crippen LogP contribution in [0.5, 0.6) is 5.75 Å². The monoisotopic (exact) mass is 400 g/mol. The van der Waals surface area contributed by atoms with Crippen molar-refractivity contribution < 1.29 is 17.9 Å². The van der Waals surface area contributed by atoms with Gasteiger partial charge >= 0.3 is 6.36 Å². The summed E-state index contributed by atoms with van der Waals surface area (Å²) in [6.45, 7) is 2.87. The summed E-state index contributed by atoms with van der Waals surface area (Å²) < 4.78 is 41.5. The molecule has 148 valence electrons. The van der Waals surface area contributed by atoms with Gasteiger partial charge in [0.25, 0.3) is 0 Å². The van der Waals surface area contributed by atoms with Gasteiger partial charge in [0, 0.05) is 36.8 Å². The number of guanidine groups is 1. The first-order valence-electron chi connectivity index (χ1n) is 8.56. The zero-order valence-electron chi connectivity index (χ0n) is 15.3. The maximum absolute atomic E-state index is 12.5. The molecular weight excluding hydrogens is 377 g/mol. The van der Waals surface area contributed by atoms with Crippen molar-refractivity contribution in [1.29, 1.82) is 0 Å². The molecule has 0 aliphatic carbocycles. The van der Waals surface area contributed by atoms with Gasteiger partial charge in [0.1, 0.15) is 5.75 Å². The molecule has 2 rings (SSSR count). The van der Waals surface area contributed by atoms with E-state index < -0.39 is 6.36 Å². The van der Waals surface area contributed by atoms with Gasteiger partial charge in [-0.2, -0.15) is 0 Å². The Bertz CT molecular complexity index is 746. The maximum atomic E-state index is 12.5. The summed E-state index contributed by atoms with van der Waals surface area (Å²) in [6.07, 6.45) is -1.84. The lowest BCUT2D eigenvalue weighted by molar-refractivity contribution is -0.274. The Morgan fingerprint density at radius 1 is 1.22 bits per heavy atom. The van der Waals surface area contributed by atoms with Crippen molar-refractivity contribution in [3.8, 4) is 5.75 Å². The van der Waals surface area contributed by atoms with E-state index in [1.165, 1.54) is 12.1 Å². The van der Waals surface area contributed by atoms with Crippen LogP contribution in [0.4, 0.5) is 13.2 Å². The molecule has 5 nitrogen and oxygen atoms in total. The van der Waals surface area contributed by atoms with Crippen LogP contribution in [0.3, 0.4) is 0 Å². The highest BCUT2D eigenvalue weighted by molar-refractivity contribution is 7.09. The number of ether oxygens (including phenoxy) is 1. The normalized spacial score (nSPS) is 12.1. The topological polar surface area (TPSA) is 58.5 Å². The van der Waals surface area contributed by atoms with E-state index in [4.69, 9.17) is 0 Å². The van der Waals surface area contributed by atoms with Crippen LogP contribution in [0.1, 0.15) is 29.1 Å². The van der Waals surface area contributed by atoms with Crippen LogP contribution in [0.25, 0.3) is 0 Å². The number of hydrogen-bond donors (Lipinski definition) is 2. The zero-order valence-corrected chi connectivity index (χ0v) is 16.1. The Morgan fingerprint density at radius 2 is 2.00 bits per heavy atom. The number of para-hydroxylation sites is 1. The van der Waals surface area contributed by atoms with Crippen molar-refractivity contribution in [3.05, 3.63) is 45.9 Å². The first-order valence-corrected chi connectivity index (χ1v) is 9.44. The van der Waals surface area contributed by atoms with E-state index in [9.17, 15) is 13.2 Å². The Morgan fingerprint density at radius 3 is 2.67 bits per heavy atom. The number of thiazole rings is 1. The Balaban J connectivity index is 1.74. The average molecular weight is 400 g/mol. The molecule has 2 N–H and O–H groups in total. The second-order valence-electron chi connectivity index (χ2n) is 5.85. The number of rotatable bonds is 8. The number of alkyl halides is 3. The Labute approximate surface area is 160 Å². The number of halogens is 3. The fraction of sp³-hybridized carbons (Fsp3) is 0.444. The van der Waals surface area contributed by atoms with Gasteiger partial charge in [-0.15, -0.1) is 24.5 Å². The smallest absolute Gasteiger partial charge is 0.405 e. The van der Waals surface area contributed by atoms with Gasteiger partial charge in [-0.25, -0.2) is 4.98 Å². The minimum atomic E-state index is -4.72. The van der Waals surface area contributed by atoms with Crippen molar-refractivity contribution in [1.82, 2.24) is 15.6 Å². The van der Waals surface area contributed by atoms with Gasteiger partial charge in [-0.3, -0.25) is 4.99 Å². The molecule has 1 heterocycles. The number of nitrogens with one attached hydrogen (secondary N) is 2. The molecular formula is C18H23F3N4OS. The van der Waals surface area contributed by atoms with E-state index in [0.29, 0.717) is 18.1 Å². The lowest BCUT2D eigenvalue weighted by Crippen LogP contribution is -2.37. The van der Waals surface area contributed by atoms with Gasteiger partial charge in [0.2, 0.25) is 0 Å². The van der Waals surface area contributed by atoms with Gasteiger partial charge in [-0.1, -0.05) is 18.2 Å². The van der Waals surface area contributed by atoms with Crippen molar-refractivity contribution in [2.24, 2.45) is 4.99 Å². The minimum Gasteiger partial charge on any atom is -0.405 e.